The molecule has 0 aliphatic rings. The molecule has 0 aliphatic heterocycles. The Kier molecular flexibility index (Phi) is 21.8. The summed E-state index contributed by atoms with van der Waals surface area (Å²) < 4.78 is 40.1. The highest BCUT2D eigenvalue weighted by Gasteiger charge is 2.25. The van der Waals surface area contributed by atoms with Crippen LogP contribution in [0.1, 0.15) is 57.8 Å². The predicted octanol–water partition coefficient (Wildman–Crippen LogP) is -0.749. The Bertz CT molecular complexity index is 1000. The predicted molar refractivity (Wildman–Crippen MR) is 152 cm³/mol. The lowest BCUT2D eigenvalue weighted by Gasteiger charge is -2.16. The number of sulfonamides is 1. The summed E-state index contributed by atoms with van der Waals surface area (Å²) in [5.41, 5.74) is 0. The van der Waals surface area contributed by atoms with Crippen LogP contribution in [0.4, 0.5) is 0 Å². The van der Waals surface area contributed by atoms with Crippen molar-refractivity contribution < 1.29 is 61.6 Å². The topological polar surface area (TPSA) is 241 Å². The van der Waals surface area contributed by atoms with Gasteiger partial charge in [-0.2, -0.15) is 0 Å². The lowest BCUT2D eigenvalue weighted by Crippen LogP contribution is -2.41. The number of carbonyl (C=O) groups excluding carboxylic acids is 4. The molecule has 0 radical (unpaired) electrons. The number of hydrogen-bond acceptors (Lipinski definition) is 11. The number of aliphatic carboxylic acids is 2. The molecule has 0 rings (SSSR count). The van der Waals surface area contributed by atoms with E-state index >= 15 is 0 Å². The minimum atomic E-state index is -3.36. The van der Waals surface area contributed by atoms with Crippen LogP contribution in [0.25, 0.3) is 0 Å². The molecule has 2 amide bonds. The molecule has 248 valence electrons. The zero-order valence-electron chi connectivity index (χ0n) is 24.8. The van der Waals surface area contributed by atoms with Crippen molar-refractivity contribution in [3.8, 4) is 0 Å². The van der Waals surface area contributed by atoms with Crippen LogP contribution in [0.5, 0.6) is 0 Å². The van der Waals surface area contributed by atoms with Gasteiger partial charge in [-0.05, 0) is 32.7 Å². The Hall–Kier alpha value is -2.99. The van der Waals surface area contributed by atoms with Crippen molar-refractivity contribution in [3.63, 3.8) is 0 Å². The van der Waals surface area contributed by atoms with Crippen molar-refractivity contribution in [2.45, 2.75) is 63.8 Å². The highest BCUT2D eigenvalue weighted by atomic mass is 32.2. The number of amides is 2. The molecule has 0 aromatic heterocycles. The van der Waals surface area contributed by atoms with Gasteiger partial charge >= 0.3 is 11.9 Å². The lowest BCUT2D eigenvalue weighted by molar-refractivity contribution is -0.145. The molecule has 0 heterocycles. The van der Waals surface area contributed by atoms with Gasteiger partial charge in [-0.25, -0.2) is 17.9 Å². The standard InChI is InChI=1S/C26H45N3O13S/c1-27-43(38,39)16-4-6-23(32)28-11-13-41-14-15-42-18-21(31)17-19(25(34)35)7-10-24(33)29-22(26(36)37)9-8-20(30)5-3-12-40-2/h19,22,27H,3-18H2,1-2H3,(H,28,32)(H,29,33)(H,34,35)(H,36,37)/t19-,22+/m1/s1. The first kappa shape index (κ1) is 40.0. The van der Waals surface area contributed by atoms with E-state index in [4.69, 9.17) is 14.2 Å². The number of carboxylic acids is 2. The number of nitrogens with one attached hydrogen (secondary N) is 3. The van der Waals surface area contributed by atoms with Crippen molar-refractivity contribution in [1.82, 2.24) is 15.4 Å². The van der Waals surface area contributed by atoms with E-state index in [2.05, 4.69) is 15.4 Å². The van der Waals surface area contributed by atoms with E-state index in [0.29, 0.717) is 13.0 Å². The van der Waals surface area contributed by atoms with Crippen molar-refractivity contribution in [2.24, 2.45) is 5.92 Å². The highest BCUT2D eigenvalue weighted by Crippen LogP contribution is 2.13. The molecule has 0 aromatic rings. The Morgan fingerprint density at radius 1 is 0.767 bits per heavy atom. The normalized spacial score (nSPS) is 12.7. The molecular weight excluding hydrogens is 594 g/mol. The van der Waals surface area contributed by atoms with Crippen LogP contribution in [0, 0.1) is 5.92 Å². The molecule has 17 heteroatoms. The van der Waals surface area contributed by atoms with E-state index in [0.717, 1.165) is 0 Å². The van der Waals surface area contributed by atoms with Crippen molar-refractivity contribution >= 4 is 45.3 Å². The first-order valence-electron chi connectivity index (χ1n) is 13.9. The van der Waals surface area contributed by atoms with E-state index in [1.807, 2.05) is 0 Å². The first-order chi connectivity index (χ1) is 20.3. The first-order valence-corrected chi connectivity index (χ1v) is 15.6. The number of carbonyl (C=O) groups is 6. The summed E-state index contributed by atoms with van der Waals surface area (Å²) in [6.07, 6.45) is -0.0826. The molecule has 2 atom stereocenters. The SMILES string of the molecule is CNS(=O)(=O)CCCC(=O)NCCOCCOCC(=O)C[C@@H](CCC(=O)N[C@@H](CCC(=O)CCCOC)C(=O)O)C(=O)O. The van der Waals surface area contributed by atoms with Crippen molar-refractivity contribution in [3.05, 3.63) is 0 Å². The highest BCUT2D eigenvalue weighted by molar-refractivity contribution is 7.89. The van der Waals surface area contributed by atoms with Crippen molar-refractivity contribution in [2.75, 3.05) is 59.5 Å². The van der Waals surface area contributed by atoms with Crippen LogP contribution in [0.15, 0.2) is 0 Å². The fourth-order valence-corrected chi connectivity index (χ4v) is 4.33. The van der Waals surface area contributed by atoms with E-state index in [1.165, 1.54) is 14.2 Å². The molecule has 0 aliphatic carbocycles. The summed E-state index contributed by atoms with van der Waals surface area (Å²) >= 11 is 0. The van der Waals surface area contributed by atoms with Crippen LogP contribution in [0.2, 0.25) is 0 Å². The molecule has 43 heavy (non-hydrogen) atoms. The number of hydrogen-bond donors (Lipinski definition) is 5. The molecule has 0 unspecified atom stereocenters. The molecule has 0 bridgehead atoms. The second-order valence-corrected chi connectivity index (χ2v) is 11.6. The summed E-state index contributed by atoms with van der Waals surface area (Å²) in [6.45, 7) is 0.534. The van der Waals surface area contributed by atoms with Crippen LogP contribution < -0.4 is 15.4 Å². The number of rotatable bonds is 28. The molecular formula is C26H45N3O13S. The van der Waals surface area contributed by atoms with Crippen LogP contribution >= 0.6 is 0 Å². The largest absolute Gasteiger partial charge is 0.481 e. The minimum absolute atomic E-state index is 0.0349. The third-order valence-corrected chi connectivity index (χ3v) is 7.47. The maximum Gasteiger partial charge on any atom is 0.326 e. The smallest absolute Gasteiger partial charge is 0.326 e. The monoisotopic (exact) mass is 639 g/mol. The zero-order chi connectivity index (χ0) is 32.7. The summed E-state index contributed by atoms with van der Waals surface area (Å²) in [5, 5.41) is 23.6. The van der Waals surface area contributed by atoms with E-state index in [-0.39, 0.29) is 102 Å². The van der Waals surface area contributed by atoms with Crippen molar-refractivity contribution in [1.29, 1.82) is 0 Å². The number of Topliss-reactive ketones (excluding diaryl/α,β-unsaturated/α-hetero) is 2. The summed E-state index contributed by atoms with van der Waals surface area (Å²) in [4.78, 5) is 70.9. The van der Waals surface area contributed by atoms with E-state index < -0.39 is 45.6 Å². The van der Waals surface area contributed by atoms with Crippen LogP contribution in [-0.4, -0.2) is 119 Å². The Balaban J connectivity index is 4.20. The van der Waals surface area contributed by atoms with E-state index in [1.54, 1.807) is 0 Å². The van der Waals surface area contributed by atoms with E-state index in [9.17, 15) is 47.4 Å². The number of methoxy groups -OCH3 is 1. The summed E-state index contributed by atoms with van der Waals surface area (Å²) in [6, 6.07) is -1.30. The van der Waals surface area contributed by atoms with Gasteiger partial charge in [0.05, 0.1) is 31.5 Å². The maximum absolute atomic E-state index is 12.2. The van der Waals surface area contributed by atoms with Gasteiger partial charge in [-0.15, -0.1) is 0 Å². The van der Waals surface area contributed by atoms with Gasteiger partial charge < -0.3 is 35.1 Å². The average molecular weight is 640 g/mol. The van der Waals surface area contributed by atoms with Gasteiger partial charge in [0, 0.05) is 52.4 Å². The molecule has 0 fully saturated rings. The molecule has 0 saturated heterocycles. The van der Waals surface area contributed by atoms with Gasteiger partial charge in [-0.1, -0.05) is 0 Å². The van der Waals surface area contributed by atoms with Crippen LogP contribution in [-0.2, 0) is 53.0 Å². The Morgan fingerprint density at radius 2 is 1.47 bits per heavy atom. The molecule has 0 saturated carbocycles. The van der Waals surface area contributed by atoms with Gasteiger partial charge in [0.15, 0.2) is 5.78 Å². The quantitative estimate of drug-likeness (QED) is 0.0663. The lowest BCUT2D eigenvalue weighted by atomic mass is 9.97. The summed E-state index contributed by atoms with van der Waals surface area (Å²) in [5.74, 6) is -5.61. The molecule has 5 N–H and O–H groups in total. The average Bonchev–Trinajstić information content (AvgIpc) is 2.94. The number of carboxylic acid groups (broad SMARTS) is 2. The molecule has 16 nitrogen and oxygen atoms in total. The fourth-order valence-electron chi connectivity index (χ4n) is 3.60. The van der Waals surface area contributed by atoms with Gasteiger partial charge in [0.2, 0.25) is 21.8 Å². The zero-order valence-corrected chi connectivity index (χ0v) is 25.6. The van der Waals surface area contributed by atoms with Crippen LogP contribution in [0.3, 0.4) is 0 Å². The Labute approximate surface area is 251 Å². The molecule has 0 aromatic carbocycles. The van der Waals surface area contributed by atoms with Gasteiger partial charge in [-0.3, -0.25) is 24.0 Å². The van der Waals surface area contributed by atoms with Gasteiger partial charge in [0.25, 0.3) is 0 Å². The van der Waals surface area contributed by atoms with Gasteiger partial charge in [0.1, 0.15) is 18.4 Å². The third-order valence-electron chi connectivity index (χ3n) is 6.02. The Morgan fingerprint density at radius 3 is 2.09 bits per heavy atom. The number of ether oxygens (including phenoxy) is 3. The maximum atomic E-state index is 12.2. The third kappa shape index (κ3) is 22.2. The second-order valence-electron chi connectivity index (χ2n) is 9.59. The second kappa shape index (κ2) is 23.5. The fraction of sp³-hybridized carbons (Fsp3) is 0.769. The number of ketones is 2. The minimum Gasteiger partial charge on any atom is -0.481 e. The summed E-state index contributed by atoms with van der Waals surface area (Å²) in [7, 11) is -0.558. The molecule has 0 spiro atoms.